The number of carbonyl (C=O) groups is 3. The van der Waals surface area contributed by atoms with E-state index in [1.165, 1.54) is 30.4 Å². The highest BCUT2D eigenvalue weighted by Gasteiger charge is 2.23. The molecule has 1 heterocycles. The molecule has 1 aliphatic heterocycles. The maximum absolute atomic E-state index is 12.0. The molecule has 1 aromatic carbocycles. The molecule has 27 heavy (non-hydrogen) atoms. The van der Waals surface area contributed by atoms with Crippen LogP contribution in [-0.2, 0) is 14.4 Å². The molecule has 1 aliphatic rings. The first-order valence-corrected chi connectivity index (χ1v) is 8.31. The highest BCUT2D eigenvalue weighted by atomic mass is 16.4. The summed E-state index contributed by atoms with van der Waals surface area (Å²) in [7, 11) is 0. The molecule has 1 unspecified atom stereocenters. The molecule has 142 valence electrons. The van der Waals surface area contributed by atoms with Crippen LogP contribution >= 0.6 is 0 Å². The molecule has 2 rings (SSSR count). The van der Waals surface area contributed by atoms with Gasteiger partial charge in [0.1, 0.15) is 18.3 Å². The third kappa shape index (κ3) is 6.44. The lowest BCUT2D eigenvalue weighted by Crippen LogP contribution is -3.08. The van der Waals surface area contributed by atoms with Crippen molar-refractivity contribution in [1.82, 2.24) is 5.32 Å². The van der Waals surface area contributed by atoms with Gasteiger partial charge in [0.05, 0.1) is 18.3 Å². The van der Waals surface area contributed by atoms with Crippen LogP contribution in [0.15, 0.2) is 54.3 Å². The van der Waals surface area contributed by atoms with Crippen molar-refractivity contribution in [3.63, 3.8) is 0 Å². The average Bonchev–Trinajstić information content (AvgIpc) is 2.64. The van der Waals surface area contributed by atoms with Gasteiger partial charge in [-0.2, -0.15) is 0 Å². The van der Waals surface area contributed by atoms with Crippen molar-refractivity contribution in [3.8, 4) is 5.75 Å². The number of allylic oxidation sites excluding steroid dienone is 2. The zero-order valence-corrected chi connectivity index (χ0v) is 14.5. The standard InChI is InChI=1S/C19H20N2O6/c22-15-6-3-13(4-7-15)5-8-17(23)20-16(19(26)27)9-11-21-10-1-2-14(12-21)18(24)25/h1-8,10,16,22H,9,11-12H2,(H,20,23)(H,24,25)(H,26,27)/p+1/b8-5+/t16-/m1/s1. The number of hydrogen-bond acceptors (Lipinski definition) is 4. The molecule has 8 nitrogen and oxygen atoms in total. The molecule has 5 N–H and O–H groups in total. The molecule has 1 aromatic rings. The normalized spacial score (nSPS) is 17.3. The highest BCUT2D eigenvalue weighted by molar-refractivity contribution is 5.94. The molecule has 0 radical (unpaired) electrons. The second-order valence-electron chi connectivity index (χ2n) is 6.05. The van der Waals surface area contributed by atoms with E-state index >= 15 is 0 Å². The van der Waals surface area contributed by atoms with Gasteiger partial charge in [-0.1, -0.05) is 12.1 Å². The predicted molar refractivity (Wildman–Crippen MR) is 96.9 cm³/mol. The summed E-state index contributed by atoms with van der Waals surface area (Å²) in [5.74, 6) is -2.60. The minimum Gasteiger partial charge on any atom is -0.508 e. The van der Waals surface area contributed by atoms with Crippen molar-refractivity contribution in [1.29, 1.82) is 0 Å². The number of phenols is 1. The molecule has 8 heteroatoms. The van der Waals surface area contributed by atoms with Crippen molar-refractivity contribution < 1.29 is 34.6 Å². The molecule has 0 aromatic heterocycles. The van der Waals surface area contributed by atoms with Gasteiger partial charge in [0.2, 0.25) is 5.91 Å². The van der Waals surface area contributed by atoms with Crippen LogP contribution in [0, 0.1) is 0 Å². The van der Waals surface area contributed by atoms with E-state index in [-0.39, 0.29) is 24.3 Å². The van der Waals surface area contributed by atoms with Gasteiger partial charge >= 0.3 is 11.9 Å². The Morgan fingerprint density at radius 1 is 1.19 bits per heavy atom. The molecular weight excluding hydrogens is 352 g/mol. The van der Waals surface area contributed by atoms with Crippen LogP contribution in [0.4, 0.5) is 0 Å². The third-order valence-electron chi connectivity index (χ3n) is 4.01. The summed E-state index contributed by atoms with van der Waals surface area (Å²) < 4.78 is 0. The van der Waals surface area contributed by atoms with E-state index in [0.29, 0.717) is 12.1 Å². The smallest absolute Gasteiger partial charge is 0.337 e. The number of phenolic OH excluding ortho intramolecular Hbond substituents is 1. The second kappa shape index (κ2) is 9.35. The number of carboxylic acid groups (broad SMARTS) is 2. The lowest BCUT2D eigenvalue weighted by molar-refractivity contribution is -0.842. The van der Waals surface area contributed by atoms with Gasteiger partial charge in [-0.05, 0) is 35.9 Å². The van der Waals surface area contributed by atoms with E-state index < -0.39 is 23.9 Å². The van der Waals surface area contributed by atoms with Crippen LogP contribution in [0.25, 0.3) is 6.08 Å². The van der Waals surface area contributed by atoms with Crippen molar-refractivity contribution in [2.45, 2.75) is 12.5 Å². The summed E-state index contributed by atoms with van der Waals surface area (Å²) in [6.07, 6.45) is 7.78. The van der Waals surface area contributed by atoms with Gasteiger partial charge < -0.3 is 25.5 Å². The van der Waals surface area contributed by atoms with Crippen molar-refractivity contribution in [2.75, 3.05) is 13.1 Å². The highest BCUT2D eigenvalue weighted by Crippen LogP contribution is 2.10. The third-order valence-corrected chi connectivity index (χ3v) is 4.01. The fourth-order valence-electron chi connectivity index (χ4n) is 2.55. The maximum Gasteiger partial charge on any atom is 0.337 e. The number of aromatic hydroxyl groups is 1. The molecule has 0 bridgehead atoms. The van der Waals surface area contributed by atoms with E-state index in [1.807, 2.05) is 0 Å². The van der Waals surface area contributed by atoms with Gasteiger partial charge in [-0.25, -0.2) is 9.59 Å². The number of benzene rings is 1. The summed E-state index contributed by atoms with van der Waals surface area (Å²) in [6.45, 7) is 0.618. The number of carbonyl (C=O) groups excluding carboxylic acids is 1. The van der Waals surface area contributed by atoms with Gasteiger partial charge in [0, 0.05) is 12.5 Å². The van der Waals surface area contributed by atoms with Crippen LogP contribution in [-0.4, -0.2) is 52.3 Å². The first-order chi connectivity index (χ1) is 12.8. The monoisotopic (exact) mass is 373 g/mol. The van der Waals surface area contributed by atoms with E-state index in [1.54, 1.807) is 24.4 Å². The number of amides is 1. The predicted octanol–water partition coefficient (Wildman–Crippen LogP) is -0.212. The molecule has 1 amide bonds. The number of hydrogen-bond donors (Lipinski definition) is 5. The zero-order chi connectivity index (χ0) is 19.8. The van der Waals surface area contributed by atoms with Gasteiger partial charge in [-0.15, -0.1) is 0 Å². The Bertz CT molecular complexity index is 795. The Kier molecular flexibility index (Phi) is 6.90. The second-order valence-corrected chi connectivity index (χ2v) is 6.05. The van der Waals surface area contributed by atoms with Crippen LogP contribution in [0.3, 0.4) is 0 Å². The maximum atomic E-state index is 12.0. The van der Waals surface area contributed by atoms with E-state index in [9.17, 15) is 24.6 Å². The van der Waals surface area contributed by atoms with Crippen LogP contribution in [0.5, 0.6) is 5.75 Å². The molecule has 0 fully saturated rings. The SMILES string of the molecule is O=C(/C=C/c1ccc(O)cc1)N[C@H](CC[NH+]1C=CC=C(C(=O)O)C1)C(=O)O. The van der Waals surface area contributed by atoms with Gasteiger partial charge in [-0.3, -0.25) is 4.79 Å². The minimum atomic E-state index is -1.16. The molecule has 0 saturated carbocycles. The number of quaternary nitrogens is 1. The minimum absolute atomic E-state index is 0.109. The Morgan fingerprint density at radius 2 is 1.89 bits per heavy atom. The Hall–Kier alpha value is -3.39. The number of aliphatic carboxylic acids is 2. The van der Waals surface area contributed by atoms with E-state index in [4.69, 9.17) is 5.11 Å². The lowest BCUT2D eigenvalue weighted by atomic mass is 10.1. The molecule has 0 spiro atoms. The van der Waals surface area contributed by atoms with Crippen molar-refractivity contribution in [3.05, 3.63) is 59.8 Å². The summed E-state index contributed by atoms with van der Waals surface area (Å²) >= 11 is 0. The Morgan fingerprint density at radius 3 is 2.52 bits per heavy atom. The molecule has 0 aliphatic carbocycles. The summed E-state index contributed by atoms with van der Waals surface area (Å²) in [6, 6.07) is 5.11. The Labute approximate surface area is 155 Å². The summed E-state index contributed by atoms with van der Waals surface area (Å²) in [4.78, 5) is 35.2. The summed E-state index contributed by atoms with van der Waals surface area (Å²) in [5, 5.41) is 30.0. The zero-order valence-electron chi connectivity index (χ0n) is 14.5. The molecule has 0 saturated heterocycles. The first-order valence-electron chi connectivity index (χ1n) is 8.31. The fraction of sp³-hybridized carbons (Fsp3) is 0.211. The van der Waals surface area contributed by atoms with Crippen LogP contribution in [0.1, 0.15) is 12.0 Å². The lowest BCUT2D eigenvalue weighted by Gasteiger charge is -2.20. The molecular formula is C19H21N2O6+. The molecule has 2 atom stereocenters. The van der Waals surface area contributed by atoms with E-state index in [0.717, 1.165) is 4.90 Å². The van der Waals surface area contributed by atoms with Crippen LogP contribution in [0.2, 0.25) is 0 Å². The van der Waals surface area contributed by atoms with Crippen LogP contribution < -0.4 is 10.2 Å². The fourth-order valence-corrected chi connectivity index (χ4v) is 2.55. The van der Waals surface area contributed by atoms with Crippen molar-refractivity contribution in [2.24, 2.45) is 0 Å². The topological polar surface area (TPSA) is 128 Å². The average molecular weight is 373 g/mol. The quantitative estimate of drug-likeness (QED) is 0.401. The number of carboxylic acids is 2. The largest absolute Gasteiger partial charge is 0.508 e. The Balaban J connectivity index is 1.88. The number of rotatable bonds is 8. The summed E-state index contributed by atoms with van der Waals surface area (Å²) in [5.41, 5.74) is 0.936. The van der Waals surface area contributed by atoms with E-state index in [2.05, 4.69) is 5.32 Å². The van der Waals surface area contributed by atoms with Gasteiger partial charge in [0.15, 0.2) is 0 Å². The number of nitrogens with one attached hydrogen (secondary N) is 2. The van der Waals surface area contributed by atoms with Gasteiger partial charge in [0.25, 0.3) is 0 Å². The first kappa shape index (κ1) is 19.9. The van der Waals surface area contributed by atoms with Crippen molar-refractivity contribution >= 4 is 23.9 Å².